The fraction of sp³-hybridized carbons (Fsp3) is 0.636. The van der Waals surface area contributed by atoms with Gasteiger partial charge in [0.15, 0.2) is 0 Å². The highest BCUT2D eigenvalue weighted by Gasteiger charge is 2.31. The Morgan fingerprint density at radius 2 is 2.31 bits per heavy atom. The number of amides is 1. The van der Waals surface area contributed by atoms with E-state index in [1.54, 1.807) is 0 Å². The summed E-state index contributed by atoms with van der Waals surface area (Å²) in [5, 5.41) is 9.81. The lowest BCUT2D eigenvalue weighted by atomic mass is 10.0. The van der Waals surface area contributed by atoms with Crippen LogP contribution in [0.25, 0.3) is 0 Å². The van der Waals surface area contributed by atoms with Gasteiger partial charge in [0.1, 0.15) is 0 Å². The van der Waals surface area contributed by atoms with Crippen LogP contribution in [0.1, 0.15) is 24.7 Å². The number of anilines is 1. The maximum Gasteiger partial charge on any atom is 0.230 e. The highest BCUT2D eigenvalue weighted by molar-refractivity contribution is 5.94. The van der Waals surface area contributed by atoms with Gasteiger partial charge in [-0.3, -0.25) is 9.89 Å². The molecular weight excluding hydrogens is 206 g/mol. The molecule has 5 heteroatoms. The van der Waals surface area contributed by atoms with Gasteiger partial charge in [0.25, 0.3) is 0 Å². The zero-order valence-electron chi connectivity index (χ0n) is 9.83. The van der Waals surface area contributed by atoms with Crippen molar-refractivity contribution in [2.45, 2.75) is 33.3 Å². The molecule has 2 rings (SSSR count). The first-order chi connectivity index (χ1) is 7.59. The monoisotopic (exact) mass is 223 g/mol. The lowest BCUT2D eigenvalue weighted by Crippen LogP contribution is -2.28. The summed E-state index contributed by atoms with van der Waals surface area (Å²) in [6, 6.07) is 0. The number of aromatic nitrogens is 2. The summed E-state index contributed by atoms with van der Waals surface area (Å²) in [6.07, 6.45) is 0.802. The van der Waals surface area contributed by atoms with Crippen molar-refractivity contribution in [2.24, 2.45) is 5.92 Å². The summed E-state index contributed by atoms with van der Waals surface area (Å²) in [5.41, 5.74) is 2.50. The highest BCUT2D eigenvalue weighted by Crippen LogP contribution is 2.24. The first-order valence-electron chi connectivity index (χ1n) is 5.53. The topological polar surface area (TPSA) is 67.0 Å². The molecule has 0 spiro atoms. The van der Waals surface area contributed by atoms with Crippen LogP contribution >= 0.6 is 0 Å². The van der Waals surface area contributed by atoms with Gasteiger partial charge in [-0.15, -0.1) is 0 Å². The van der Waals surface area contributed by atoms with Crippen molar-refractivity contribution in [2.75, 3.05) is 11.9 Å². The minimum absolute atomic E-state index is 0.00696. The molecule has 2 atom stereocenters. The molecule has 1 fully saturated rings. The molecule has 1 amide bonds. The van der Waals surface area contributed by atoms with Gasteiger partial charge < -0.3 is 10.1 Å². The summed E-state index contributed by atoms with van der Waals surface area (Å²) in [6.45, 7) is 6.37. The number of carbonyl (C=O) groups is 1. The Hall–Kier alpha value is -1.36. The van der Waals surface area contributed by atoms with Crippen LogP contribution in [0.15, 0.2) is 0 Å². The Morgan fingerprint density at radius 1 is 1.56 bits per heavy atom. The van der Waals surface area contributed by atoms with Crippen LogP contribution < -0.4 is 5.32 Å². The van der Waals surface area contributed by atoms with Crippen molar-refractivity contribution < 1.29 is 9.53 Å². The molecule has 0 aliphatic carbocycles. The molecule has 5 nitrogen and oxygen atoms in total. The van der Waals surface area contributed by atoms with Crippen molar-refractivity contribution in [1.82, 2.24) is 10.2 Å². The maximum atomic E-state index is 12.0. The average molecular weight is 223 g/mol. The van der Waals surface area contributed by atoms with E-state index in [9.17, 15) is 4.79 Å². The maximum absolute atomic E-state index is 12.0. The fourth-order valence-electron chi connectivity index (χ4n) is 2.03. The molecule has 0 saturated carbocycles. The van der Waals surface area contributed by atoms with E-state index in [2.05, 4.69) is 15.5 Å². The lowest BCUT2D eigenvalue weighted by Gasteiger charge is -2.14. The number of ether oxygens (including phenoxy) is 1. The van der Waals surface area contributed by atoms with E-state index in [1.165, 1.54) is 0 Å². The Morgan fingerprint density at radius 3 is 2.81 bits per heavy atom. The van der Waals surface area contributed by atoms with Gasteiger partial charge in [0.2, 0.25) is 5.91 Å². The quantitative estimate of drug-likeness (QED) is 0.796. The molecule has 0 bridgehead atoms. The van der Waals surface area contributed by atoms with Crippen molar-refractivity contribution in [3.63, 3.8) is 0 Å². The number of nitrogens with zero attached hydrogens (tertiary/aromatic N) is 1. The number of hydrogen-bond acceptors (Lipinski definition) is 3. The van der Waals surface area contributed by atoms with E-state index in [0.717, 1.165) is 23.5 Å². The first kappa shape index (κ1) is 11.1. The Balaban J connectivity index is 2.07. The van der Waals surface area contributed by atoms with E-state index >= 15 is 0 Å². The first-order valence-corrected chi connectivity index (χ1v) is 5.53. The molecule has 1 aromatic rings. The van der Waals surface area contributed by atoms with Crippen LogP contribution in [0.5, 0.6) is 0 Å². The summed E-state index contributed by atoms with van der Waals surface area (Å²) in [4.78, 5) is 12.0. The van der Waals surface area contributed by atoms with Gasteiger partial charge in [0, 0.05) is 6.61 Å². The van der Waals surface area contributed by atoms with Crippen LogP contribution in [-0.2, 0) is 9.53 Å². The minimum Gasteiger partial charge on any atom is -0.378 e. The van der Waals surface area contributed by atoms with Gasteiger partial charge in [-0.25, -0.2) is 0 Å². The summed E-state index contributed by atoms with van der Waals surface area (Å²) in [5.74, 6) is -0.0219. The molecule has 0 aromatic carbocycles. The standard InChI is InChI=1S/C11H17N3O2/c1-6-10(7(2)14-13-6)12-11(15)9-4-5-16-8(9)3/h8-9H,4-5H2,1-3H3,(H,12,15)(H,13,14). The molecule has 2 unspecified atom stereocenters. The number of aromatic amines is 1. The third-order valence-corrected chi connectivity index (χ3v) is 3.09. The molecule has 1 aromatic heterocycles. The van der Waals surface area contributed by atoms with Gasteiger partial charge in [-0.05, 0) is 27.2 Å². The third kappa shape index (κ3) is 1.95. The molecule has 1 aliphatic rings. The third-order valence-electron chi connectivity index (χ3n) is 3.09. The molecular formula is C11H17N3O2. The number of H-pyrrole nitrogens is 1. The van der Waals surface area contributed by atoms with E-state index in [4.69, 9.17) is 4.74 Å². The summed E-state index contributed by atoms with van der Waals surface area (Å²) < 4.78 is 5.38. The molecule has 1 saturated heterocycles. The fourth-order valence-corrected chi connectivity index (χ4v) is 2.03. The van der Waals surface area contributed by atoms with Crippen LogP contribution in [0.2, 0.25) is 0 Å². The van der Waals surface area contributed by atoms with Crippen LogP contribution in [0.3, 0.4) is 0 Å². The van der Waals surface area contributed by atoms with Gasteiger partial charge >= 0.3 is 0 Å². The van der Waals surface area contributed by atoms with Gasteiger partial charge in [-0.2, -0.15) is 5.10 Å². The lowest BCUT2D eigenvalue weighted by molar-refractivity contribution is -0.121. The zero-order chi connectivity index (χ0) is 11.7. The minimum atomic E-state index is -0.0475. The second kappa shape index (κ2) is 4.25. The molecule has 0 radical (unpaired) electrons. The average Bonchev–Trinajstić information content (AvgIpc) is 2.79. The SMILES string of the molecule is Cc1n[nH]c(C)c1NC(=O)C1CCOC1C. The van der Waals surface area contributed by atoms with E-state index in [0.29, 0.717) is 6.61 Å². The molecule has 2 N–H and O–H groups in total. The van der Waals surface area contributed by atoms with Crippen molar-refractivity contribution in [3.8, 4) is 0 Å². The van der Waals surface area contributed by atoms with E-state index in [1.807, 2.05) is 20.8 Å². The predicted octanol–water partition coefficient (Wildman–Crippen LogP) is 1.39. The van der Waals surface area contributed by atoms with Crippen molar-refractivity contribution in [3.05, 3.63) is 11.4 Å². The van der Waals surface area contributed by atoms with Crippen molar-refractivity contribution >= 4 is 11.6 Å². The Kier molecular flexibility index (Phi) is 2.96. The normalized spacial score (nSPS) is 24.7. The smallest absolute Gasteiger partial charge is 0.230 e. The van der Waals surface area contributed by atoms with E-state index < -0.39 is 0 Å². The second-order valence-electron chi connectivity index (χ2n) is 4.27. The van der Waals surface area contributed by atoms with Crippen LogP contribution in [0.4, 0.5) is 5.69 Å². The molecule has 2 heterocycles. The van der Waals surface area contributed by atoms with Crippen molar-refractivity contribution in [1.29, 1.82) is 0 Å². The molecule has 1 aliphatic heterocycles. The summed E-state index contributed by atoms with van der Waals surface area (Å²) in [7, 11) is 0. The number of nitrogens with one attached hydrogen (secondary N) is 2. The summed E-state index contributed by atoms with van der Waals surface area (Å²) >= 11 is 0. The van der Waals surface area contributed by atoms with E-state index in [-0.39, 0.29) is 17.9 Å². The Labute approximate surface area is 94.6 Å². The second-order valence-corrected chi connectivity index (χ2v) is 4.27. The number of aryl methyl sites for hydroxylation is 2. The number of hydrogen-bond donors (Lipinski definition) is 2. The van der Waals surface area contributed by atoms with Gasteiger partial charge in [0.05, 0.1) is 29.1 Å². The number of carbonyl (C=O) groups excluding carboxylic acids is 1. The molecule has 16 heavy (non-hydrogen) atoms. The zero-order valence-corrected chi connectivity index (χ0v) is 9.83. The molecule has 88 valence electrons. The Bertz CT molecular complexity index is 380. The largest absolute Gasteiger partial charge is 0.378 e. The predicted molar refractivity (Wildman–Crippen MR) is 60.2 cm³/mol. The highest BCUT2D eigenvalue weighted by atomic mass is 16.5. The van der Waals surface area contributed by atoms with Crippen LogP contribution in [0, 0.1) is 19.8 Å². The van der Waals surface area contributed by atoms with Gasteiger partial charge in [-0.1, -0.05) is 0 Å². The number of rotatable bonds is 2. The van der Waals surface area contributed by atoms with Crippen LogP contribution in [-0.4, -0.2) is 28.8 Å².